The first-order chi connectivity index (χ1) is 11.4. The summed E-state index contributed by atoms with van der Waals surface area (Å²) >= 11 is 4.82. The molecule has 0 amide bonds. The molecule has 3 N–H and O–H groups in total. The molecule has 7 heteroatoms. The van der Waals surface area contributed by atoms with Gasteiger partial charge in [0.1, 0.15) is 4.83 Å². The number of pyridine rings is 1. The van der Waals surface area contributed by atoms with E-state index in [0.717, 1.165) is 30.8 Å². The van der Waals surface area contributed by atoms with Crippen LogP contribution in [0.4, 0.5) is 5.69 Å². The molecular weight excluding hydrogens is 388 g/mol. The molecule has 0 saturated heterocycles. The van der Waals surface area contributed by atoms with Crippen LogP contribution in [0.3, 0.4) is 0 Å². The third-order valence-corrected chi connectivity index (χ3v) is 5.51. The maximum Gasteiger partial charge on any atom is 0.259 e. The predicted molar refractivity (Wildman–Crippen MR) is 103 cm³/mol. The highest BCUT2D eigenvalue weighted by Crippen LogP contribution is 2.40. The summed E-state index contributed by atoms with van der Waals surface area (Å²) in [6.07, 6.45) is 0. The SMILES string of the molecule is Cc1cc(C)c2c(N)c(-c3nc4ccc(Br)cc4c(=O)[nH]3)sc2n1. The van der Waals surface area contributed by atoms with Gasteiger partial charge in [0.25, 0.3) is 5.56 Å². The Kier molecular flexibility index (Phi) is 3.43. The number of thiophene rings is 1. The van der Waals surface area contributed by atoms with Gasteiger partial charge in [-0.25, -0.2) is 9.97 Å². The summed E-state index contributed by atoms with van der Waals surface area (Å²) in [6.45, 7) is 3.97. The van der Waals surface area contributed by atoms with Gasteiger partial charge < -0.3 is 10.7 Å². The minimum atomic E-state index is -0.186. The van der Waals surface area contributed by atoms with E-state index in [0.29, 0.717) is 22.4 Å². The van der Waals surface area contributed by atoms with Crippen LogP contribution in [-0.4, -0.2) is 15.0 Å². The standard InChI is InChI=1S/C17H13BrN4OS/c1-7-5-8(2)20-17-12(7)13(19)14(24-17)15-21-11-4-3-9(18)6-10(11)16(23)22-15/h3-6H,19H2,1-2H3,(H,21,22,23). The van der Waals surface area contributed by atoms with Crippen LogP contribution in [0, 0.1) is 13.8 Å². The number of aromatic amines is 1. The van der Waals surface area contributed by atoms with Crippen molar-refractivity contribution in [1.82, 2.24) is 15.0 Å². The molecule has 4 rings (SSSR count). The molecule has 0 atom stereocenters. The Balaban J connectivity index is 2.03. The highest BCUT2D eigenvalue weighted by Gasteiger charge is 2.17. The summed E-state index contributed by atoms with van der Waals surface area (Å²) in [5.74, 6) is 0.479. The molecule has 4 aromatic rings. The minimum Gasteiger partial charge on any atom is -0.397 e. The number of benzene rings is 1. The summed E-state index contributed by atoms with van der Waals surface area (Å²) in [4.78, 5) is 26.0. The lowest BCUT2D eigenvalue weighted by Crippen LogP contribution is -2.09. The molecule has 0 fully saturated rings. The number of hydrogen-bond acceptors (Lipinski definition) is 5. The smallest absolute Gasteiger partial charge is 0.259 e. The highest BCUT2D eigenvalue weighted by molar-refractivity contribution is 9.10. The molecule has 3 aromatic heterocycles. The topological polar surface area (TPSA) is 84.7 Å². The molecule has 120 valence electrons. The fourth-order valence-corrected chi connectivity index (χ4v) is 4.39. The average molecular weight is 401 g/mol. The Bertz CT molecular complexity index is 1180. The molecule has 0 unspecified atom stereocenters. The molecule has 0 aliphatic carbocycles. The van der Waals surface area contributed by atoms with Gasteiger partial charge in [0.05, 0.1) is 21.5 Å². The van der Waals surface area contributed by atoms with E-state index in [2.05, 4.69) is 30.9 Å². The van der Waals surface area contributed by atoms with Crippen LogP contribution in [0.5, 0.6) is 0 Å². The maximum atomic E-state index is 12.4. The van der Waals surface area contributed by atoms with Gasteiger partial charge in [-0.3, -0.25) is 4.79 Å². The highest BCUT2D eigenvalue weighted by atomic mass is 79.9. The van der Waals surface area contributed by atoms with Crippen LogP contribution in [0.25, 0.3) is 31.8 Å². The minimum absolute atomic E-state index is 0.186. The van der Waals surface area contributed by atoms with Gasteiger partial charge >= 0.3 is 0 Å². The molecule has 0 aliphatic heterocycles. The van der Waals surface area contributed by atoms with Gasteiger partial charge in [0.15, 0.2) is 5.82 Å². The van der Waals surface area contributed by atoms with Crippen molar-refractivity contribution in [1.29, 1.82) is 0 Å². The predicted octanol–water partition coefficient (Wildman–Crippen LogP) is 4.16. The number of H-pyrrole nitrogens is 1. The number of halogens is 1. The zero-order chi connectivity index (χ0) is 17.0. The third kappa shape index (κ3) is 2.32. The first kappa shape index (κ1) is 15.3. The Hall–Kier alpha value is -2.25. The fraction of sp³-hybridized carbons (Fsp3) is 0.118. The van der Waals surface area contributed by atoms with Gasteiger partial charge in [-0.1, -0.05) is 15.9 Å². The molecule has 0 bridgehead atoms. The molecular formula is C17H13BrN4OS. The number of aryl methyl sites for hydroxylation is 2. The lowest BCUT2D eigenvalue weighted by atomic mass is 10.1. The Morgan fingerprint density at radius 1 is 1.21 bits per heavy atom. The fourth-order valence-electron chi connectivity index (χ4n) is 2.86. The lowest BCUT2D eigenvalue weighted by Gasteiger charge is -2.03. The molecule has 24 heavy (non-hydrogen) atoms. The zero-order valence-corrected chi connectivity index (χ0v) is 15.4. The lowest BCUT2D eigenvalue weighted by molar-refractivity contribution is 1.19. The molecule has 5 nitrogen and oxygen atoms in total. The van der Waals surface area contributed by atoms with Crippen molar-refractivity contribution in [2.24, 2.45) is 0 Å². The number of nitrogen functional groups attached to an aromatic ring is 1. The van der Waals surface area contributed by atoms with E-state index in [4.69, 9.17) is 5.73 Å². The normalized spacial score (nSPS) is 11.5. The molecule has 3 heterocycles. The van der Waals surface area contributed by atoms with Crippen LogP contribution in [0.15, 0.2) is 33.5 Å². The first-order valence-corrected chi connectivity index (χ1v) is 8.91. The van der Waals surface area contributed by atoms with E-state index < -0.39 is 0 Å². The molecule has 1 aromatic carbocycles. The Labute approximate surface area is 149 Å². The second kappa shape index (κ2) is 5.39. The molecule has 0 saturated carbocycles. The number of fused-ring (bicyclic) bond motifs is 2. The molecule has 0 aliphatic rings. The second-order valence-electron chi connectivity index (χ2n) is 5.68. The average Bonchev–Trinajstić information content (AvgIpc) is 2.84. The largest absolute Gasteiger partial charge is 0.397 e. The Morgan fingerprint density at radius 2 is 2.00 bits per heavy atom. The van der Waals surface area contributed by atoms with Crippen LogP contribution in [-0.2, 0) is 0 Å². The molecule has 0 radical (unpaired) electrons. The quantitative estimate of drug-likeness (QED) is 0.502. The first-order valence-electron chi connectivity index (χ1n) is 7.30. The van der Waals surface area contributed by atoms with Gasteiger partial charge in [-0.2, -0.15) is 0 Å². The zero-order valence-electron chi connectivity index (χ0n) is 13.0. The number of nitrogens with one attached hydrogen (secondary N) is 1. The number of rotatable bonds is 1. The number of anilines is 1. The van der Waals surface area contributed by atoms with E-state index >= 15 is 0 Å². The van der Waals surface area contributed by atoms with E-state index in [1.54, 1.807) is 6.07 Å². The van der Waals surface area contributed by atoms with Gasteiger partial charge in [0, 0.05) is 15.6 Å². The van der Waals surface area contributed by atoms with Crippen molar-refractivity contribution in [2.45, 2.75) is 13.8 Å². The molecule has 0 spiro atoms. The number of nitrogens with two attached hydrogens (primary N) is 1. The summed E-state index contributed by atoms with van der Waals surface area (Å²) in [6, 6.07) is 7.44. The summed E-state index contributed by atoms with van der Waals surface area (Å²) in [5, 5.41) is 1.47. The summed E-state index contributed by atoms with van der Waals surface area (Å²) in [5.41, 5.74) is 9.42. The van der Waals surface area contributed by atoms with Crippen molar-refractivity contribution in [3.63, 3.8) is 0 Å². The summed E-state index contributed by atoms with van der Waals surface area (Å²) < 4.78 is 0.840. The monoisotopic (exact) mass is 400 g/mol. The Morgan fingerprint density at radius 3 is 2.79 bits per heavy atom. The van der Waals surface area contributed by atoms with Crippen molar-refractivity contribution in [3.8, 4) is 10.7 Å². The van der Waals surface area contributed by atoms with Crippen molar-refractivity contribution in [2.75, 3.05) is 5.73 Å². The summed E-state index contributed by atoms with van der Waals surface area (Å²) in [7, 11) is 0. The van der Waals surface area contributed by atoms with Crippen molar-refractivity contribution < 1.29 is 0 Å². The van der Waals surface area contributed by atoms with Crippen molar-refractivity contribution in [3.05, 3.63) is 50.3 Å². The van der Waals surface area contributed by atoms with E-state index in [1.807, 2.05) is 32.0 Å². The van der Waals surface area contributed by atoms with Gasteiger partial charge in [0.2, 0.25) is 0 Å². The van der Waals surface area contributed by atoms with Crippen molar-refractivity contribution >= 4 is 54.1 Å². The van der Waals surface area contributed by atoms with E-state index in [1.165, 1.54) is 11.3 Å². The van der Waals surface area contributed by atoms with Crippen LogP contribution in [0.2, 0.25) is 0 Å². The van der Waals surface area contributed by atoms with Crippen LogP contribution >= 0.6 is 27.3 Å². The second-order valence-corrected chi connectivity index (χ2v) is 7.60. The number of aromatic nitrogens is 3. The van der Waals surface area contributed by atoms with E-state index in [9.17, 15) is 4.79 Å². The third-order valence-electron chi connectivity index (χ3n) is 3.91. The van der Waals surface area contributed by atoms with Crippen LogP contribution < -0.4 is 11.3 Å². The number of nitrogens with zero attached hydrogens (tertiary/aromatic N) is 2. The van der Waals surface area contributed by atoms with E-state index in [-0.39, 0.29) is 5.56 Å². The van der Waals surface area contributed by atoms with Gasteiger partial charge in [-0.05, 0) is 43.7 Å². The number of hydrogen-bond donors (Lipinski definition) is 2. The van der Waals surface area contributed by atoms with Crippen LogP contribution in [0.1, 0.15) is 11.3 Å². The maximum absolute atomic E-state index is 12.4. The van der Waals surface area contributed by atoms with Gasteiger partial charge in [-0.15, -0.1) is 11.3 Å².